The summed E-state index contributed by atoms with van der Waals surface area (Å²) in [5.41, 5.74) is 1.38. The number of nitrogens with one attached hydrogen (secondary N) is 1. The molecule has 1 heterocycles. The zero-order valence-electron chi connectivity index (χ0n) is 8.53. The highest BCUT2D eigenvalue weighted by molar-refractivity contribution is 5.93. The lowest BCUT2D eigenvalue weighted by Crippen LogP contribution is -1.90. The van der Waals surface area contributed by atoms with E-state index in [0.29, 0.717) is 17.2 Å². The molecule has 0 saturated heterocycles. The number of aromatic nitrogens is 1. The van der Waals surface area contributed by atoms with Gasteiger partial charge in [-0.25, -0.2) is 0 Å². The maximum atomic E-state index is 10.6. The van der Waals surface area contributed by atoms with Crippen LogP contribution in [-0.4, -0.2) is 25.5 Å². The summed E-state index contributed by atoms with van der Waals surface area (Å²) < 4.78 is 10.4. The molecular formula is C11H11NO3. The molecule has 0 radical (unpaired) electrons. The van der Waals surface area contributed by atoms with E-state index >= 15 is 0 Å². The fourth-order valence-corrected chi connectivity index (χ4v) is 1.61. The molecule has 1 aromatic heterocycles. The number of aromatic amines is 1. The van der Waals surface area contributed by atoms with E-state index in [0.717, 1.165) is 17.2 Å². The van der Waals surface area contributed by atoms with Gasteiger partial charge in [0, 0.05) is 10.9 Å². The number of hydrogen-bond acceptors (Lipinski definition) is 3. The lowest BCUT2D eigenvalue weighted by Gasteiger charge is -2.07. The maximum absolute atomic E-state index is 10.6. The summed E-state index contributed by atoms with van der Waals surface area (Å²) in [5, 5.41) is 0.846. The minimum atomic E-state index is 0.525. The number of ether oxygens (including phenoxy) is 2. The summed E-state index contributed by atoms with van der Waals surface area (Å²) in [4.78, 5) is 13.6. The number of methoxy groups -OCH3 is 2. The second-order valence-corrected chi connectivity index (χ2v) is 3.10. The van der Waals surface area contributed by atoms with Crippen molar-refractivity contribution in [2.45, 2.75) is 0 Å². The predicted molar refractivity (Wildman–Crippen MR) is 56.8 cm³/mol. The van der Waals surface area contributed by atoms with Gasteiger partial charge in [0.25, 0.3) is 0 Å². The molecule has 4 heteroatoms. The van der Waals surface area contributed by atoms with Crippen LogP contribution in [0.4, 0.5) is 0 Å². The number of aldehydes is 1. The molecule has 0 amide bonds. The Labute approximate surface area is 86.8 Å². The number of H-pyrrole nitrogens is 1. The van der Waals surface area contributed by atoms with Gasteiger partial charge >= 0.3 is 0 Å². The van der Waals surface area contributed by atoms with Crippen molar-refractivity contribution in [3.8, 4) is 11.5 Å². The average Bonchev–Trinajstić information content (AvgIpc) is 2.70. The van der Waals surface area contributed by atoms with Crippen molar-refractivity contribution in [1.29, 1.82) is 0 Å². The zero-order chi connectivity index (χ0) is 10.8. The first-order valence-electron chi connectivity index (χ1n) is 4.49. The Bertz CT molecular complexity index is 502. The summed E-state index contributed by atoms with van der Waals surface area (Å²) in [6.45, 7) is 0. The quantitative estimate of drug-likeness (QED) is 0.779. The molecule has 1 aromatic carbocycles. The average molecular weight is 205 g/mol. The molecule has 2 rings (SSSR count). The van der Waals surface area contributed by atoms with Crippen LogP contribution < -0.4 is 9.47 Å². The van der Waals surface area contributed by atoms with Gasteiger partial charge in [-0.2, -0.15) is 0 Å². The summed E-state index contributed by atoms with van der Waals surface area (Å²) in [6, 6.07) is 5.39. The van der Waals surface area contributed by atoms with Gasteiger partial charge in [0.1, 0.15) is 0 Å². The lowest BCUT2D eigenvalue weighted by molar-refractivity contribution is 0.112. The Hall–Kier alpha value is -1.97. The molecule has 2 aromatic rings. The third-order valence-electron chi connectivity index (χ3n) is 2.29. The third-order valence-corrected chi connectivity index (χ3v) is 2.29. The predicted octanol–water partition coefficient (Wildman–Crippen LogP) is 2.00. The van der Waals surface area contributed by atoms with E-state index in [4.69, 9.17) is 9.47 Å². The van der Waals surface area contributed by atoms with Crippen molar-refractivity contribution in [2.24, 2.45) is 0 Å². The first kappa shape index (κ1) is 9.58. The molecule has 78 valence electrons. The van der Waals surface area contributed by atoms with E-state index in [1.807, 2.05) is 6.07 Å². The van der Waals surface area contributed by atoms with E-state index in [-0.39, 0.29) is 0 Å². The highest BCUT2D eigenvalue weighted by Gasteiger charge is 2.10. The van der Waals surface area contributed by atoms with E-state index < -0.39 is 0 Å². The Kier molecular flexibility index (Phi) is 2.33. The molecule has 0 aliphatic heterocycles. The fourth-order valence-electron chi connectivity index (χ4n) is 1.61. The summed E-state index contributed by atoms with van der Waals surface area (Å²) in [6.07, 6.45) is 0.770. The van der Waals surface area contributed by atoms with E-state index in [9.17, 15) is 4.79 Å². The smallest absolute Gasteiger partial charge is 0.170 e. The largest absolute Gasteiger partial charge is 0.493 e. The van der Waals surface area contributed by atoms with Crippen LogP contribution in [0.2, 0.25) is 0 Å². The SMILES string of the molecule is COc1ccc2[nH]c(C=O)cc2c1OC. The van der Waals surface area contributed by atoms with Crippen LogP contribution in [0.1, 0.15) is 10.5 Å². The van der Waals surface area contributed by atoms with Crippen molar-refractivity contribution in [2.75, 3.05) is 14.2 Å². The van der Waals surface area contributed by atoms with Crippen LogP contribution >= 0.6 is 0 Å². The second-order valence-electron chi connectivity index (χ2n) is 3.10. The van der Waals surface area contributed by atoms with Crippen LogP contribution in [0.3, 0.4) is 0 Å². The number of fused-ring (bicyclic) bond motifs is 1. The van der Waals surface area contributed by atoms with Gasteiger partial charge in [0.15, 0.2) is 17.8 Å². The molecule has 0 fully saturated rings. The number of hydrogen-bond donors (Lipinski definition) is 1. The highest BCUT2D eigenvalue weighted by Crippen LogP contribution is 2.35. The summed E-state index contributed by atoms with van der Waals surface area (Å²) in [5.74, 6) is 1.29. The molecule has 0 aliphatic rings. The van der Waals surface area contributed by atoms with Crippen molar-refractivity contribution >= 4 is 17.2 Å². The monoisotopic (exact) mass is 205 g/mol. The van der Waals surface area contributed by atoms with Gasteiger partial charge < -0.3 is 14.5 Å². The molecule has 0 spiro atoms. The van der Waals surface area contributed by atoms with Gasteiger partial charge in [-0.15, -0.1) is 0 Å². The Morgan fingerprint density at radius 2 is 2.07 bits per heavy atom. The van der Waals surface area contributed by atoms with Crippen molar-refractivity contribution < 1.29 is 14.3 Å². The van der Waals surface area contributed by atoms with Crippen LogP contribution in [0.5, 0.6) is 11.5 Å². The second kappa shape index (κ2) is 3.65. The van der Waals surface area contributed by atoms with Crippen LogP contribution in [0.25, 0.3) is 10.9 Å². The molecule has 4 nitrogen and oxygen atoms in total. The summed E-state index contributed by atoms with van der Waals surface area (Å²) in [7, 11) is 3.15. The Morgan fingerprint density at radius 1 is 1.27 bits per heavy atom. The molecule has 0 atom stereocenters. The number of carbonyl (C=O) groups is 1. The molecule has 0 unspecified atom stereocenters. The Balaban J connectivity index is 2.74. The molecule has 1 N–H and O–H groups in total. The minimum absolute atomic E-state index is 0.525. The van der Waals surface area contributed by atoms with Crippen molar-refractivity contribution in [3.63, 3.8) is 0 Å². The standard InChI is InChI=1S/C11H11NO3/c1-14-10-4-3-9-8(11(10)15-2)5-7(6-13)12-9/h3-6,12H,1-2H3. The van der Waals surface area contributed by atoms with Gasteiger partial charge in [-0.1, -0.05) is 0 Å². The van der Waals surface area contributed by atoms with Gasteiger partial charge in [0.05, 0.1) is 19.9 Å². The van der Waals surface area contributed by atoms with Crippen LogP contribution in [0, 0.1) is 0 Å². The Morgan fingerprint density at radius 3 is 2.67 bits per heavy atom. The summed E-state index contributed by atoms with van der Waals surface area (Å²) >= 11 is 0. The minimum Gasteiger partial charge on any atom is -0.493 e. The van der Waals surface area contributed by atoms with E-state index in [1.54, 1.807) is 26.4 Å². The molecule has 0 aliphatic carbocycles. The first-order chi connectivity index (χ1) is 7.30. The fraction of sp³-hybridized carbons (Fsp3) is 0.182. The lowest BCUT2D eigenvalue weighted by atomic mass is 10.2. The number of carbonyl (C=O) groups excluding carboxylic acids is 1. The van der Waals surface area contributed by atoms with Crippen LogP contribution in [0.15, 0.2) is 18.2 Å². The number of benzene rings is 1. The highest BCUT2D eigenvalue weighted by atomic mass is 16.5. The third kappa shape index (κ3) is 1.44. The van der Waals surface area contributed by atoms with Gasteiger partial charge in [-0.3, -0.25) is 4.79 Å². The maximum Gasteiger partial charge on any atom is 0.170 e. The van der Waals surface area contributed by atoms with E-state index in [2.05, 4.69) is 4.98 Å². The zero-order valence-corrected chi connectivity index (χ0v) is 8.53. The molecule has 0 saturated carbocycles. The molecule has 15 heavy (non-hydrogen) atoms. The van der Waals surface area contributed by atoms with Crippen LogP contribution in [-0.2, 0) is 0 Å². The number of rotatable bonds is 3. The first-order valence-corrected chi connectivity index (χ1v) is 4.49. The van der Waals surface area contributed by atoms with Gasteiger partial charge in [0.2, 0.25) is 0 Å². The molecule has 0 bridgehead atoms. The topological polar surface area (TPSA) is 51.3 Å². The molecular weight excluding hydrogens is 194 g/mol. The van der Waals surface area contributed by atoms with Crippen molar-refractivity contribution in [1.82, 2.24) is 4.98 Å². The van der Waals surface area contributed by atoms with E-state index in [1.165, 1.54) is 0 Å². The normalized spacial score (nSPS) is 10.3. The van der Waals surface area contributed by atoms with Crippen molar-refractivity contribution in [3.05, 3.63) is 23.9 Å². The van der Waals surface area contributed by atoms with Gasteiger partial charge in [-0.05, 0) is 18.2 Å².